The molecule has 2 rings (SSSR count). The molecule has 0 unspecified atom stereocenters. The molecule has 3 N–H and O–H groups in total. The lowest BCUT2D eigenvalue weighted by Crippen LogP contribution is -2.26. The van der Waals surface area contributed by atoms with Crippen molar-refractivity contribution in [2.24, 2.45) is 0 Å². The smallest absolute Gasteiger partial charge is 0.244 e. The highest BCUT2D eigenvalue weighted by Crippen LogP contribution is 2.11. The van der Waals surface area contributed by atoms with Crippen LogP contribution in [-0.2, 0) is 11.3 Å². The molecule has 0 radical (unpaired) electrons. The largest absolute Gasteiger partial charge is 0.508 e. The fraction of sp³-hybridized carbons (Fsp3) is 0.312. The zero-order valence-corrected chi connectivity index (χ0v) is 13.9. The van der Waals surface area contributed by atoms with E-state index >= 15 is 0 Å². The normalized spacial score (nSPS) is 11.3. The summed E-state index contributed by atoms with van der Waals surface area (Å²) in [5.41, 5.74) is 0.845. The number of aromatic amines is 1. The van der Waals surface area contributed by atoms with Gasteiger partial charge in [-0.2, -0.15) is 5.10 Å². The minimum Gasteiger partial charge on any atom is -0.508 e. The molecule has 0 saturated carbocycles. The molecule has 0 aliphatic rings. The summed E-state index contributed by atoms with van der Waals surface area (Å²) in [5.74, 6) is 1.15. The number of amides is 1. The van der Waals surface area contributed by atoms with Crippen LogP contribution >= 0.6 is 12.2 Å². The lowest BCUT2D eigenvalue weighted by atomic mass is 10.2. The Balaban J connectivity index is 1.87. The first-order valence-electron chi connectivity index (χ1n) is 7.37. The molecule has 0 saturated heterocycles. The van der Waals surface area contributed by atoms with Crippen LogP contribution in [0.2, 0.25) is 0 Å². The SMILES string of the molecule is CC(C)c1n[nH]c(=S)n1CCNC(=O)/C=C/c1ccc(O)cc1. The predicted molar refractivity (Wildman–Crippen MR) is 91.7 cm³/mol. The van der Waals surface area contributed by atoms with E-state index in [2.05, 4.69) is 15.5 Å². The van der Waals surface area contributed by atoms with Gasteiger partial charge in [0, 0.05) is 25.1 Å². The monoisotopic (exact) mass is 332 g/mol. The van der Waals surface area contributed by atoms with Gasteiger partial charge < -0.3 is 15.0 Å². The van der Waals surface area contributed by atoms with Crippen molar-refractivity contribution < 1.29 is 9.90 Å². The van der Waals surface area contributed by atoms with Crippen LogP contribution in [0.4, 0.5) is 0 Å². The van der Waals surface area contributed by atoms with Crippen molar-refractivity contribution in [1.29, 1.82) is 0 Å². The number of H-pyrrole nitrogens is 1. The number of benzene rings is 1. The van der Waals surface area contributed by atoms with Gasteiger partial charge in [-0.3, -0.25) is 9.89 Å². The molecule has 0 spiro atoms. The molecule has 23 heavy (non-hydrogen) atoms. The molecule has 1 aromatic carbocycles. The summed E-state index contributed by atoms with van der Waals surface area (Å²) in [4.78, 5) is 11.8. The van der Waals surface area contributed by atoms with Gasteiger partial charge in [-0.1, -0.05) is 26.0 Å². The van der Waals surface area contributed by atoms with Crippen LogP contribution in [0.5, 0.6) is 5.75 Å². The first-order chi connectivity index (χ1) is 11.0. The summed E-state index contributed by atoms with van der Waals surface area (Å²) in [7, 11) is 0. The summed E-state index contributed by atoms with van der Waals surface area (Å²) < 4.78 is 2.45. The molecule has 0 aliphatic heterocycles. The van der Waals surface area contributed by atoms with Crippen molar-refractivity contribution in [2.75, 3.05) is 6.54 Å². The summed E-state index contributed by atoms with van der Waals surface area (Å²) in [6.45, 7) is 5.12. The summed E-state index contributed by atoms with van der Waals surface area (Å²) in [6.07, 6.45) is 3.15. The fourth-order valence-corrected chi connectivity index (χ4v) is 2.32. The Morgan fingerprint density at radius 2 is 2.13 bits per heavy atom. The highest BCUT2D eigenvalue weighted by atomic mass is 32.1. The van der Waals surface area contributed by atoms with Crippen molar-refractivity contribution in [3.8, 4) is 5.75 Å². The van der Waals surface area contributed by atoms with Crippen LogP contribution < -0.4 is 5.32 Å². The van der Waals surface area contributed by atoms with Gasteiger partial charge in [0.15, 0.2) is 4.77 Å². The van der Waals surface area contributed by atoms with E-state index in [0.29, 0.717) is 17.9 Å². The maximum atomic E-state index is 11.8. The first-order valence-corrected chi connectivity index (χ1v) is 7.78. The number of carbonyl (C=O) groups excluding carboxylic acids is 1. The zero-order chi connectivity index (χ0) is 16.8. The van der Waals surface area contributed by atoms with Crippen molar-refractivity contribution >= 4 is 24.2 Å². The van der Waals surface area contributed by atoms with Crippen LogP contribution in [0.1, 0.15) is 31.2 Å². The fourth-order valence-electron chi connectivity index (χ4n) is 2.09. The Hall–Kier alpha value is -2.41. The Morgan fingerprint density at radius 1 is 1.43 bits per heavy atom. The molecule has 0 atom stereocenters. The van der Waals surface area contributed by atoms with E-state index in [1.54, 1.807) is 30.3 Å². The highest BCUT2D eigenvalue weighted by Gasteiger charge is 2.09. The first kappa shape index (κ1) is 17.0. The standard InChI is InChI=1S/C16H20N4O2S/c1-11(2)15-18-19-16(23)20(15)10-9-17-14(22)8-5-12-3-6-13(21)7-4-12/h3-8,11,21H,9-10H2,1-2H3,(H,17,22)(H,19,23)/b8-5+. The van der Waals surface area contributed by atoms with E-state index in [0.717, 1.165) is 11.4 Å². The van der Waals surface area contributed by atoms with Gasteiger partial charge in [-0.25, -0.2) is 0 Å². The van der Waals surface area contributed by atoms with Gasteiger partial charge >= 0.3 is 0 Å². The Bertz CT molecular complexity index is 744. The number of aromatic hydroxyl groups is 1. The second kappa shape index (κ2) is 7.73. The maximum absolute atomic E-state index is 11.8. The minimum atomic E-state index is -0.181. The number of nitrogens with one attached hydrogen (secondary N) is 2. The molecule has 2 aromatic rings. The number of aromatic nitrogens is 3. The Labute approximate surface area is 139 Å². The van der Waals surface area contributed by atoms with Gasteiger partial charge in [0.25, 0.3) is 0 Å². The molecule has 1 aromatic heterocycles. The summed E-state index contributed by atoms with van der Waals surface area (Å²) in [6, 6.07) is 6.62. The van der Waals surface area contributed by atoms with Crippen LogP contribution in [0.15, 0.2) is 30.3 Å². The molecule has 1 heterocycles. The molecule has 122 valence electrons. The minimum absolute atomic E-state index is 0.181. The maximum Gasteiger partial charge on any atom is 0.244 e. The van der Waals surface area contributed by atoms with E-state index in [9.17, 15) is 9.90 Å². The Morgan fingerprint density at radius 3 is 2.78 bits per heavy atom. The quantitative estimate of drug-likeness (QED) is 0.561. The zero-order valence-electron chi connectivity index (χ0n) is 13.1. The number of hydrogen-bond donors (Lipinski definition) is 3. The molecule has 7 heteroatoms. The third-order valence-corrected chi connectivity index (χ3v) is 3.57. The highest BCUT2D eigenvalue weighted by molar-refractivity contribution is 7.71. The third kappa shape index (κ3) is 4.79. The molecular formula is C16H20N4O2S. The van der Waals surface area contributed by atoms with Crippen molar-refractivity contribution in [2.45, 2.75) is 26.3 Å². The average molecular weight is 332 g/mol. The van der Waals surface area contributed by atoms with Crippen LogP contribution in [0, 0.1) is 4.77 Å². The number of carbonyl (C=O) groups is 1. The second-order valence-corrected chi connectivity index (χ2v) is 5.80. The van der Waals surface area contributed by atoms with Crippen molar-refractivity contribution in [1.82, 2.24) is 20.1 Å². The lowest BCUT2D eigenvalue weighted by Gasteiger charge is -2.09. The van der Waals surface area contributed by atoms with E-state index in [1.807, 2.05) is 18.4 Å². The van der Waals surface area contributed by atoms with Crippen LogP contribution in [0.3, 0.4) is 0 Å². The number of phenols is 1. The van der Waals surface area contributed by atoms with Gasteiger partial charge in [0.2, 0.25) is 5.91 Å². The van der Waals surface area contributed by atoms with Crippen LogP contribution in [0.25, 0.3) is 6.08 Å². The van der Waals surface area contributed by atoms with E-state index in [1.165, 1.54) is 6.08 Å². The van der Waals surface area contributed by atoms with Crippen LogP contribution in [-0.4, -0.2) is 32.3 Å². The van der Waals surface area contributed by atoms with E-state index in [-0.39, 0.29) is 17.6 Å². The summed E-state index contributed by atoms with van der Waals surface area (Å²) >= 11 is 5.19. The topological polar surface area (TPSA) is 82.9 Å². The number of phenolic OH excluding ortho intramolecular Hbond substituents is 1. The Kier molecular flexibility index (Phi) is 5.70. The summed E-state index contributed by atoms with van der Waals surface area (Å²) in [5, 5.41) is 19.0. The third-order valence-electron chi connectivity index (χ3n) is 3.26. The van der Waals surface area contributed by atoms with Gasteiger partial charge in [-0.05, 0) is 36.0 Å². The van der Waals surface area contributed by atoms with Gasteiger partial charge in [-0.15, -0.1) is 0 Å². The van der Waals surface area contributed by atoms with E-state index < -0.39 is 0 Å². The van der Waals surface area contributed by atoms with Crippen molar-refractivity contribution in [3.63, 3.8) is 0 Å². The molecule has 6 nitrogen and oxygen atoms in total. The molecule has 0 aliphatic carbocycles. The molecule has 0 bridgehead atoms. The van der Waals surface area contributed by atoms with Crippen molar-refractivity contribution in [3.05, 3.63) is 46.5 Å². The van der Waals surface area contributed by atoms with Gasteiger partial charge in [0.1, 0.15) is 11.6 Å². The number of rotatable bonds is 6. The molecule has 0 fully saturated rings. The molecule has 1 amide bonds. The average Bonchev–Trinajstić information content (AvgIpc) is 2.88. The second-order valence-electron chi connectivity index (χ2n) is 5.41. The van der Waals surface area contributed by atoms with E-state index in [4.69, 9.17) is 12.2 Å². The number of nitrogens with zero attached hydrogens (tertiary/aromatic N) is 2. The number of hydrogen-bond acceptors (Lipinski definition) is 4. The predicted octanol–water partition coefficient (Wildman–Crippen LogP) is 2.60. The lowest BCUT2D eigenvalue weighted by molar-refractivity contribution is -0.116. The van der Waals surface area contributed by atoms with Gasteiger partial charge in [0.05, 0.1) is 0 Å². The molecular weight excluding hydrogens is 312 g/mol.